The van der Waals surface area contributed by atoms with Crippen LogP contribution >= 0.6 is 34.8 Å². The summed E-state index contributed by atoms with van der Waals surface area (Å²) in [5.74, 6) is -0.741. The van der Waals surface area contributed by atoms with E-state index < -0.39 is 16.0 Å². The van der Waals surface area contributed by atoms with Gasteiger partial charge in [-0.3, -0.25) is 0 Å². The highest BCUT2D eigenvalue weighted by Crippen LogP contribution is 2.26. The number of halogens is 3. The number of hydrogen-bond acceptors (Lipinski definition) is 5. The number of sulfonamides is 1. The number of benzene rings is 2. The molecular formula is C18H16Cl3NO5S. The number of esters is 1. The first kappa shape index (κ1) is 21.4. The number of hydrogen-bond donors (Lipinski definition) is 0. The van der Waals surface area contributed by atoms with Crippen LogP contribution in [0, 0.1) is 0 Å². The fourth-order valence-corrected chi connectivity index (χ4v) is 4.56. The van der Waals surface area contributed by atoms with Gasteiger partial charge in [-0.15, -0.1) is 0 Å². The molecule has 0 aromatic heterocycles. The molecule has 28 heavy (non-hydrogen) atoms. The lowest BCUT2D eigenvalue weighted by atomic mass is 10.2. The summed E-state index contributed by atoms with van der Waals surface area (Å²) in [5, 5.41) is 0.827. The van der Waals surface area contributed by atoms with Crippen molar-refractivity contribution >= 4 is 50.8 Å². The van der Waals surface area contributed by atoms with E-state index in [1.807, 2.05) is 0 Å². The highest BCUT2D eigenvalue weighted by Gasteiger charge is 2.28. The van der Waals surface area contributed by atoms with Gasteiger partial charge in [-0.25, -0.2) is 13.2 Å². The zero-order valence-corrected chi connectivity index (χ0v) is 17.6. The van der Waals surface area contributed by atoms with Gasteiger partial charge >= 0.3 is 5.97 Å². The van der Waals surface area contributed by atoms with E-state index in [2.05, 4.69) is 0 Å². The molecule has 1 heterocycles. The summed E-state index contributed by atoms with van der Waals surface area (Å²) < 4.78 is 37.3. The number of rotatable bonds is 5. The molecule has 6 nitrogen and oxygen atoms in total. The van der Waals surface area contributed by atoms with Crippen LogP contribution in [-0.4, -0.2) is 45.0 Å². The van der Waals surface area contributed by atoms with Crippen molar-refractivity contribution in [2.75, 3.05) is 26.3 Å². The van der Waals surface area contributed by atoms with Crippen LogP contribution < -0.4 is 0 Å². The van der Waals surface area contributed by atoms with Gasteiger partial charge in [0.1, 0.15) is 6.61 Å². The molecule has 10 heteroatoms. The number of carbonyl (C=O) groups excluding carboxylic acids is 1. The first-order valence-corrected chi connectivity index (χ1v) is 10.8. The molecule has 0 atom stereocenters. The maximum Gasteiger partial charge on any atom is 0.340 e. The quantitative estimate of drug-likeness (QED) is 0.625. The van der Waals surface area contributed by atoms with Gasteiger partial charge in [0.05, 0.1) is 38.7 Å². The van der Waals surface area contributed by atoms with E-state index in [0.29, 0.717) is 28.8 Å². The summed E-state index contributed by atoms with van der Waals surface area (Å²) in [6.45, 7) is 1.09. The van der Waals surface area contributed by atoms with Gasteiger partial charge in [0.15, 0.2) is 0 Å². The van der Waals surface area contributed by atoms with Crippen LogP contribution in [-0.2, 0) is 26.1 Å². The Labute approximate surface area is 177 Å². The van der Waals surface area contributed by atoms with Gasteiger partial charge in [0, 0.05) is 13.1 Å². The molecule has 0 spiro atoms. The second-order valence-corrected chi connectivity index (χ2v) is 9.14. The highest BCUT2D eigenvalue weighted by molar-refractivity contribution is 7.89. The van der Waals surface area contributed by atoms with Crippen molar-refractivity contribution in [3.63, 3.8) is 0 Å². The minimum Gasteiger partial charge on any atom is -0.457 e. The van der Waals surface area contributed by atoms with Crippen molar-refractivity contribution in [1.29, 1.82) is 0 Å². The van der Waals surface area contributed by atoms with Crippen LogP contribution in [0.5, 0.6) is 0 Å². The maximum atomic E-state index is 12.8. The van der Waals surface area contributed by atoms with Crippen molar-refractivity contribution in [1.82, 2.24) is 4.31 Å². The average molecular weight is 465 g/mol. The Morgan fingerprint density at radius 1 is 1.00 bits per heavy atom. The Hall–Kier alpha value is -1.35. The van der Waals surface area contributed by atoms with Crippen LogP contribution in [0.15, 0.2) is 41.3 Å². The molecule has 1 aliphatic rings. The topological polar surface area (TPSA) is 72.9 Å². The lowest BCUT2D eigenvalue weighted by Crippen LogP contribution is -2.40. The number of morpholine rings is 1. The molecule has 0 amide bonds. The first-order valence-electron chi connectivity index (χ1n) is 8.27. The van der Waals surface area contributed by atoms with Crippen molar-refractivity contribution in [3.8, 4) is 0 Å². The van der Waals surface area contributed by atoms with Gasteiger partial charge in [-0.05, 0) is 35.9 Å². The summed E-state index contributed by atoms with van der Waals surface area (Å²) in [7, 11) is -3.76. The summed E-state index contributed by atoms with van der Waals surface area (Å²) in [4.78, 5) is 12.4. The van der Waals surface area contributed by atoms with Gasteiger partial charge in [0.25, 0.3) is 0 Å². The molecular weight excluding hydrogens is 449 g/mol. The third kappa shape index (κ3) is 4.79. The van der Waals surface area contributed by atoms with E-state index in [9.17, 15) is 13.2 Å². The second-order valence-electron chi connectivity index (χ2n) is 5.98. The summed E-state index contributed by atoms with van der Waals surface area (Å²) in [6, 6.07) is 8.80. The molecule has 150 valence electrons. The molecule has 0 saturated carbocycles. The second kappa shape index (κ2) is 8.98. The number of ether oxygens (including phenoxy) is 2. The smallest absolute Gasteiger partial charge is 0.340 e. The Morgan fingerprint density at radius 2 is 1.68 bits per heavy atom. The van der Waals surface area contributed by atoms with E-state index in [-0.39, 0.29) is 35.2 Å². The largest absolute Gasteiger partial charge is 0.457 e. The molecule has 2 aromatic carbocycles. The van der Waals surface area contributed by atoms with Gasteiger partial charge in [-0.2, -0.15) is 4.31 Å². The van der Waals surface area contributed by atoms with E-state index >= 15 is 0 Å². The molecule has 0 radical (unpaired) electrons. The summed E-state index contributed by atoms with van der Waals surface area (Å²) >= 11 is 17.9. The van der Waals surface area contributed by atoms with E-state index in [4.69, 9.17) is 44.3 Å². The van der Waals surface area contributed by atoms with Crippen molar-refractivity contribution in [2.24, 2.45) is 0 Å². The molecule has 1 fully saturated rings. The Balaban J connectivity index is 1.78. The predicted octanol–water partition coefficient (Wildman–Crippen LogP) is 4.02. The van der Waals surface area contributed by atoms with E-state index in [0.717, 1.165) is 0 Å². The minimum absolute atomic E-state index is 0.0275. The molecule has 1 saturated heterocycles. The standard InChI is InChI=1S/C18H16Cl3NO5S/c19-15-4-2-13(28(24,25)22-5-7-26-8-6-22)10-14(15)18(23)27-11-12-1-3-16(20)17(21)9-12/h1-4,9-10H,5-8,11H2. The molecule has 1 aliphatic heterocycles. The Bertz CT molecular complexity index is 991. The van der Waals surface area contributed by atoms with E-state index in [1.165, 1.54) is 22.5 Å². The van der Waals surface area contributed by atoms with Gasteiger partial charge in [-0.1, -0.05) is 40.9 Å². The van der Waals surface area contributed by atoms with Gasteiger partial charge < -0.3 is 9.47 Å². The molecule has 3 rings (SSSR count). The summed E-state index contributed by atoms with van der Waals surface area (Å²) in [5.41, 5.74) is 0.604. The van der Waals surface area contributed by atoms with Crippen LogP contribution in [0.2, 0.25) is 15.1 Å². The lowest BCUT2D eigenvalue weighted by Gasteiger charge is -2.26. The average Bonchev–Trinajstić information content (AvgIpc) is 2.69. The van der Waals surface area contributed by atoms with Crippen LogP contribution in [0.1, 0.15) is 15.9 Å². The molecule has 0 unspecified atom stereocenters. The fraction of sp³-hybridized carbons (Fsp3) is 0.278. The Kier molecular flexibility index (Phi) is 6.85. The Morgan fingerprint density at radius 3 is 2.36 bits per heavy atom. The molecule has 0 aliphatic carbocycles. The third-order valence-electron chi connectivity index (χ3n) is 4.12. The third-order valence-corrected chi connectivity index (χ3v) is 7.08. The van der Waals surface area contributed by atoms with E-state index in [1.54, 1.807) is 18.2 Å². The molecule has 2 aromatic rings. The van der Waals surface area contributed by atoms with Crippen LogP contribution in [0.4, 0.5) is 0 Å². The number of carbonyl (C=O) groups is 1. The van der Waals surface area contributed by atoms with Crippen LogP contribution in [0.25, 0.3) is 0 Å². The summed E-state index contributed by atoms with van der Waals surface area (Å²) in [6.07, 6.45) is 0. The molecule has 0 bridgehead atoms. The first-order chi connectivity index (χ1) is 13.3. The highest BCUT2D eigenvalue weighted by atomic mass is 35.5. The maximum absolute atomic E-state index is 12.8. The zero-order chi connectivity index (χ0) is 20.3. The molecule has 0 N–H and O–H groups in total. The normalized spacial score (nSPS) is 15.4. The van der Waals surface area contributed by atoms with Crippen molar-refractivity contribution < 1.29 is 22.7 Å². The zero-order valence-electron chi connectivity index (χ0n) is 14.5. The monoisotopic (exact) mass is 463 g/mol. The van der Waals surface area contributed by atoms with Crippen LogP contribution in [0.3, 0.4) is 0 Å². The van der Waals surface area contributed by atoms with Crippen molar-refractivity contribution in [3.05, 3.63) is 62.6 Å². The predicted molar refractivity (Wildman–Crippen MR) is 107 cm³/mol. The SMILES string of the molecule is O=C(OCc1ccc(Cl)c(Cl)c1)c1cc(S(=O)(=O)N2CCOCC2)ccc1Cl. The fourth-order valence-electron chi connectivity index (χ4n) is 2.61. The van der Waals surface area contributed by atoms with Crippen molar-refractivity contribution in [2.45, 2.75) is 11.5 Å². The van der Waals surface area contributed by atoms with Gasteiger partial charge in [0.2, 0.25) is 10.0 Å². The minimum atomic E-state index is -3.76. The number of nitrogens with zero attached hydrogens (tertiary/aromatic N) is 1. The lowest BCUT2D eigenvalue weighted by molar-refractivity contribution is 0.0472.